The minimum absolute atomic E-state index is 0.0826. The van der Waals surface area contributed by atoms with Crippen molar-refractivity contribution < 1.29 is 9.21 Å². The van der Waals surface area contributed by atoms with Gasteiger partial charge in [0.1, 0.15) is 5.76 Å². The Hall–Kier alpha value is -2.23. The second kappa shape index (κ2) is 5.44. The molecule has 4 nitrogen and oxygen atoms in total. The van der Waals surface area contributed by atoms with Crippen molar-refractivity contribution in [3.8, 4) is 0 Å². The Morgan fingerprint density at radius 2 is 2.04 bits per heavy atom. The van der Waals surface area contributed by atoms with Gasteiger partial charge < -0.3 is 14.2 Å². The number of carbonyl (C=O) groups excluding carboxylic acids is 1. The summed E-state index contributed by atoms with van der Waals surface area (Å²) in [6.45, 7) is 3.70. The van der Waals surface area contributed by atoms with Gasteiger partial charge in [0, 0.05) is 43.7 Å². The Balaban J connectivity index is 1.56. The minimum Gasteiger partial charge on any atom is -0.469 e. The maximum Gasteiger partial charge on any atom is 0.227 e. The summed E-state index contributed by atoms with van der Waals surface area (Å²) in [5, 5.41) is 0. The van der Waals surface area contributed by atoms with E-state index in [0.29, 0.717) is 6.54 Å². The Kier molecular flexibility index (Phi) is 3.40. The summed E-state index contributed by atoms with van der Waals surface area (Å²) in [7, 11) is 2.10. The summed E-state index contributed by atoms with van der Waals surface area (Å²) in [6, 6.07) is 12.5. The molecule has 1 fully saturated rings. The van der Waals surface area contributed by atoms with Crippen molar-refractivity contribution in [1.82, 2.24) is 4.90 Å². The summed E-state index contributed by atoms with van der Waals surface area (Å²) in [6.07, 6.45) is 2.60. The van der Waals surface area contributed by atoms with E-state index in [4.69, 9.17) is 4.42 Å². The van der Waals surface area contributed by atoms with Gasteiger partial charge in [-0.05, 0) is 37.1 Å². The summed E-state index contributed by atoms with van der Waals surface area (Å²) in [4.78, 5) is 17.3. The molecule has 1 aromatic heterocycles. The van der Waals surface area contributed by atoms with Crippen LogP contribution in [-0.4, -0.2) is 30.4 Å². The second-order valence-electron chi connectivity index (χ2n) is 6.79. The van der Waals surface area contributed by atoms with Crippen molar-refractivity contribution in [3.05, 3.63) is 54.0 Å². The lowest BCUT2D eigenvalue weighted by Gasteiger charge is -2.28. The molecule has 0 unspecified atom stereocenters. The summed E-state index contributed by atoms with van der Waals surface area (Å²) in [5.74, 6) is 1.56. The molecule has 2 aliphatic rings. The third kappa shape index (κ3) is 2.52. The number of amides is 1. The fourth-order valence-electron chi connectivity index (χ4n) is 3.74. The molecule has 3 atom stereocenters. The number of furan rings is 1. The van der Waals surface area contributed by atoms with Crippen LogP contribution in [0.25, 0.3) is 0 Å². The van der Waals surface area contributed by atoms with Crippen molar-refractivity contribution in [2.24, 2.45) is 5.92 Å². The first-order chi connectivity index (χ1) is 11.1. The quantitative estimate of drug-likeness (QED) is 0.854. The number of likely N-dealkylation sites (N-methyl/N-ethyl adjacent to an activating group) is 1. The van der Waals surface area contributed by atoms with Crippen LogP contribution in [0.3, 0.4) is 0 Å². The number of hydrogen-bond acceptors (Lipinski definition) is 3. The summed E-state index contributed by atoms with van der Waals surface area (Å²) >= 11 is 0. The number of benzene rings is 1. The molecule has 1 aromatic carbocycles. The van der Waals surface area contributed by atoms with Gasteiger partial charge in [-0.15, -0.1) is 0 Å². The van der Waals surface area contributed by atoms with E-state index in [1.54, 1.807) is 6.26 Å². The van der Waals surface area contributed by atoms with Gasteiger partial charge >= 0.3 is 0 Å². The largest absolute Gasteiger partial charge is 0.469 e. The molecule has 1 amide bonds. The number of nitrogens with zero attached hydrogens (tertiary/aromatic N) is 2. The molecule has 4 heteroatoms. The van der Waals surface area contributed by atoms with Crippen LogP contribution in [0.5, 0.6) is 0 Å². The van der Waals surface area contributed by atoms with Crippen LogP contribution in [0.2, 0.25) is 0 Å². The van der Waals surface area contributed by atoms with E-state index in [1.165, 1.54) is 11.3 Å². The molecule has 0 saturated heterocycles. The first-order valence-corrected chi connectivity index (χ1v) is 8.28. The molecular formula is C19H22N2O2. The monoisotopic (exact) mass is 310 g/mol. The molecule has 0 bridgehead atoms. The Morgan fingerprint density at radius 1 is 1.22 bits per heavy atom. The van der Waals surface area contributed by atoms with Crippen molar-refractivity contribution in [2.45, 2.75) is 31.8 Å². The van der Waals surface area contributed by atoms with E-state index >= 15 is 0 Å². The number of hydrogen-bond donors (Lipinski definition) is 0. The molecule has 120 valence electrons. The second-order valence-corrected chi connectivity index (χ2v) is 6.79. The van der Waals surface area contributed by atoms with Gasteiger partial charge in [-0.2, -0.15) is 0 Å². The van der Waals surface area contributed by atoms with Gasteiger partial charge in [-0.25, -0.2) is 0 Å². The van der Waals surface area contributed by atoms with Gasteiger partial charge in [0.05, 0.1) is 6.26 Å². The van der Waals surface area contributed by atoms with Crippen LogP contribution in [0.15, 0.2) is 47.1 Å². The molecule has 2 aromatic rings. The van der Waals surface area contributed by atoms with Crippen molar-refractivity contribution in [3.63, 3.8) is 0 Å². The van der Waals surface area contributed by atoms with Gasteiger partial charge in [0.2, 0.25) is 5.91 Å². The average Bonchev–Trinajstić information content (AvgIpc) is 3.20. The van der Waals surface area contributed by atoms with E-state index in [1.807, 2.05) is 18.2 Å². The highest BCUT2D eigenvalue weighted by Crippen LogP contribution is 2.49. The van der Waals surface area contributed by atoms with Crippen LogP contribution in [0, 0.1) is 5.92 Å². The van der Waals surface area contributed by atoms with Gasteiger partial charge in [0.15, 0.2) is 0 Å². The number of carbonyl (C=O) groups is 1. The molecular weight excluding hydrogens is 288 g/mol. The SMILES string of the molecule is C[C@@H]1CN(C)c2ccccc2CN1C(=O)[C@H]1C[C@@H]1c1ccco1. The zero-order valence-electron chi connectivity index (χ0n) is 13.6. The van der Waals surface area contributed by atoms with E-state index in [0.717, 1.165) is 18.7 Å². The third-order valence-electron chi connectivity index (χ3n) is 5.11. The van der Waals surface area contributed by atoms with E-state index in [2.05, 4.69) is 42.0 Å². The standard InChI is InChI=1S/C19H22N2O2/c1-13-11-20(2)17-7-4-3-6-14(17)12-21(13)19(22)16-10-15(16)18-8-5-9-23-18/h3-9,13,15-16H,10-12H2,1-2H3/t13-,15+,16+/m1/s1. The highest BCUT2D eigenvalue weighted by molar-refractivity contribution is 5.83. The van der Waals surface area contributed by atoms with Crippen LogP contribution in [0.4, 0.5) is 5.69 Å². The number of anilines is 1. The summed E-state index contributed by atoms with van der Waals surface area (Å²) < 4.78 is 5.47. The van der Waals surface area contributed by atoms with Crippen molar-refractivity contribution in [1.29, 1.82) is 0 Å². The molecule has 0 radical (unpaired) electrons. The Bertz CT molecular complexity index is 710. The predicted molar refractivity (Wildman–Crippen MR) is 89.3 cm³/mol. The first kappa shape index (κ1) is 14.4. The van der Waals surface area contributed by atoms with E-state index in [-0.39, 0.29) is 23.8 Å². The number of para-hydroxylation sites is 1. The third-order valence-corrected chi connectivity index (χ3v) is 5.11. The topological polar surface area (TPSA) is 36.7 Å². The zero-order chi connectivity index (χ0) is 16.0. The Labute approximate surface area is 136 Å². The summed E-state index contributed by atoms with van der Waals surface area (Å²) in [5.41, 5.74) is 2.45. The Morgan fingerprint density at radius 3 is 2.83 bits per heavy atom. The normalized spacial score (nSPS) is 26.6. The predicted octanol–water partition coefficient (Wildman–Crippen LogP) is 3.25. The molecule has 0 N–H and O–H groups in total. The molecule has 0 spiro atoms. The highest BCUT2D eigenvalue weighted by atomic mass is 16.3. The van der Waals surface area contributed by atoms with Crippen molar-refractivity contribution in [2.75, 3.05) is 18.5 Å². The van der Waals surface area contributed by atoms with E-state index < -0.39 is 0 Å². The maximum atomic E-state index is 13.0. The van der Waals surface area contributed by atoms with Crippen LogP contribution in [-0.2, 0) is 11.3 Å². The van der Waals surface area contributed by atoms with Crippen LogP contribution in [0.1, 0.15) is 30.6 Å². The lowest BCUT2D eigenvalue weighted by molar-refractivity contribution is -0.135. The fourth-order valence-corrected chi connectivity index (χ4v) is 3.74. The van der Waals surface area contributed by atoms with Crippen LogP contribution < -0.4 is 4.90 Å². The average molecular weight is 310 g/mol. The van der Waals surface area contributed by atoms with Gasteiger partial charge in [-0.1, -0.05) is 18.2 Å². The number of rotatable bonds is 2. The molecule has 23 heavy (non-hydrogen) atoms. The minimum atomic E-state index is 0.0826. The van der Waals surface area contributed by atoms with E-state index in [9.17, 15) is 4.79 Å². The first-order valence-electron chi connectivity index (χ1n) is 8.28. The van der Waals surface area contributed by atoms with Gasteiger partial charge in [-0.3, -0.25) is 4.79 Å². The molecule has 2 heterocycles. The van der Waals surface area contributed by atoms with Gasteiger partial charge in [0.25, 0.3) is 0 Å². The maximum absolute atomic E-state index is 13.0. The zero-order valence-corrected chi connectivity index (χ0v) is 13.6. The molecule has 1 saturated carbocycles. The smallest absolute Gasteiger partial charge is 0.227 e. The lowest BCUT2D eigenvalue weighted by Crippen LogP contribution is -2.42. The van der Waals surface area contributed by atoms with Crippen molar-refractivity contribution >= 4 is 11.6 Å². The fraction of sp³-hybridized carbons (Fsp3) is 0.421. The number of fused-ring (bicyclic) bond motifs is 1. The highest BCUT2D eigenvalue weighted by Gasteiger charge is 2.48. The van der Waals surface area contributed by atoms with Crippen LogP contribution >= 0.6 is 0 Å². The molecule has 1 aliphatic heterocycles. The lowest BCUT2D eigenvalue weighted by atomic mass is 10.1. The molecule has 1 aliphatic carbocycles. The molecule has 4 rings (SSSR count).